The van der Waals surface area contributed by atoms with Crippen molar-refractivity contribution in [2.24, 2.45) is 0 Å². The average molecular weight is 426 g/mol. The molecular weight excluding hydrogens is 406 g/mol. The Kier molecular flexibility index (Phi) is 5.33. The van der Waals surface area contributed by atoms with Crippen LogP contribution in [0.2, 0.25) is 0 Å². The Bertz CT molecular complexity index is 1060. The highest BCUT2D eigenvalue weighted by Crippen LogP contribution is 2.31. The zero-order valence-electron chi connectivity index (χ0n) is 15.6. The predicted molar refractivity (Wildman–Crippen MR) is 114 cm³/mol. The van der Waals surface area contributed by atoms with Crippen molar-refractivity contribution in [1.82, 2.24) is 19.7 Å². The molecule has 1 fully saturated rings. The molecule has 0 unspecified atom stereocenters. The Labute approximate surface area is 176 Å². The largest absolute Gasteiger partial charge is 0.462 e. The summed E-state index contributed by atoms with van der Waals surface area (Å²) in [6.45, 7) is 3.04. The maximum atomic E-state index is 5.49. The highest BCUT2D eigenvalue weighted by molar-refractivity contribution is 7.98. The molecule has 5 rings (SSSR count). The molecule has 148 valence electrons. The van der Waals surface area contributed by atoms with Gasteiger partial charge in [-0.25, -0.2) is 4.98 Å². The molecule has 1 saturated heterocycles. The smallest absolute Gasteiger partial charge is 0.232 e. The van der Waals surface area contributed by atoms with Gasteiger partial charge in [0, 0.05) is 24.2 Å². The molecule has 4 aromatic rings. The van der Waals surface area contributed by atoms with Crippen molar-refractivity contribution in [2.45, 2.75) is 10.9 Å². The number of benzene rings is 1. The van der Waals surface area contributed by atoms with Gasteiger partial charge >= 0.3 is 0 Å². The van der Waals surface area contributed by atoms with Crippen LogP contribution in [0, 0.1) is 0 Å². The van der Waals surface area contributed by atoms with Gasteiger partial charge in [-0.1, -0.05) is 30.0 Å². The lowest BCUT2D eigenvalue weighted by Gasteiger charge is -2.27. The molecule has 9 heteroatoms. The normalized spacial score (nSPS) is 14.4. The number of ether oxygens (including phenoxy) is 1. The van der Waals surface area contributed by atoms with Crippen molar-refractivity contribution >= 4 is 29.0 Å². The number of para-hydroxylation sites is 1. The van der Waals surface area contributed by atoms with Crippen LogP contribution in [0.1, 0.15) is 5.69 Å². The Morgan fingerprint density at radius 3 is 2.69 bits per heavy atom. The van der Waals surface area contributed by atoms with Crippen molar-refractivity contribution in [3.8, 4) is 16.5 Å². The maximum Gasteiger partial charge on any atom is 0.232 e. The second-order valence-electron chi connectivity index (χ2n) is 6.46. The van der Waals surface area contributed by atoms with Crippen LogP contribution in [-0.4, -0.2) is 46.1 Å². The van der Waals surface area contributed by atoms with E-state index in [2.05, 4.69) is 42.2 Å². The van der Waals surface area contributed by atoms with E-state index in [-0.39, 0.29) is 0 Å². The topological polar surface area (TPSA) is 69.2 Å². The molecule has 4 heterocycles. The van der Waals surface area contributed by atoms with E-state index in [9.17, 15) is 0 Å². The lowest BCUT2D eigenvalue weighted by atomic mass is 10.3. The zero-order chi connectivity index (χ0) is 19.5. The van der Waals surface area contributed by atoms with Gasteiger partial charge in [0.25, 0.3) is 0 Å². The van der Waals surface area contributed by atoms with E-state index in [1.165, 1.54) is 0 Å². The number of furan rings is 1. The lowest BCUT2D eigenvalue weighted by molar-refractivity contribution is 0.122. The highest BCUT2D eigenvalue weighted by atomic mass is 32.2. The first-order valence-electron chi connectivity index (χ1n) is 9.33. The first-order valence-corrected chi connectivity index (χ1v) is 11.2. The minimum atomic E-state index is 0.707. The van der Waals surface area contributed by atoms with Gasteiger partial charge in [0.1, 0.15) is 0 Å². The molecule has 0 bridgehead atoms. The van der Waals surface area contributed by atoms with Crippen LogP contribution in [0.25, 0.3) is 16.5 Å². The van der Waals surface area contributed by atoms with Gasteiger partial charge < -0.3 is 14.1 Å². The quantitative estimate of drug-likeness (QED) is 0.431. The molecule has 7 nitrogen and oxygen atoms in total. The summed E-state index contributed by atoms with van der Waals surface area (Å²) in [5.41, 5.74) is 2.05. The Hall–Kier alpha value is -2.62. The number of hydrogen-bond donors (Lipinski definition) is 0. The molecule has 1 aromatic carbocycles. The number of thioether (sulfide) groups is 1. The van der Waals surface area contributed by atoms with Gasteiger partial charge in [-0.15, -0.1) is 21.5 Å². The summed E-state index contributed by atoms with van der Waals surface area (Å²) in [5.74, 6) is 2.37. The Morgan fingerprint density at radius 1 is 1.03 bits per heavy atom. The van der Waals surface area contributed by atoms with Gasteiger partial charge in [0.05, 0.1) is 30.9 Å². The fraction of sp³-hybridized carbons (Fsp3) is 0.250. The fourth-order valence-electron chi connectivity index (χ4n) is 3.15. The molecule has 0 aliphatic carbocycles. The molecule has 1 aliphatic rings. The molecule has 0 radical (unpaired) electrons. The molecular formula is C20H19N5O2S2. The van der Waals surface area contributed by atoms with Gasteiger partial charge in [-0.3, -0.25) is 4.57 Å². The van der Waals surface area contributed by atoms with Crippen molar-refractivity contribution in [2.75, 3.05) is 31.2 Å². The number of rotatable bonds is 6. The van der Waals surface area contributed by atoms with E-state index in [0.717, 1.165) is 46.3 Å². The van der Waals surface area contributed by atoms with Gasteiger partial charge in [0.15, 0.2) is 15.9 Å². The first kappa shape index (κ1) is 18.4. The van der Waals surface area contributed by atoms with Crippen LogP contribution in [-0.2, 0) is 10.5 Å². The van der Waals surface area contributed by atoms with Gasteiger partial charge in [-0.2, -0.15) is 0 Å². The van der Waals surface area contributed by atoms with E-state index < -0.39 is 0 Å². The SMILES string of the molecule is c1ccc(-n2c(SCc3csc(-c4ccco4)n3)nnc2N2CCOCC2)cc1. The number of nitrogens with zero attached hydrogens (tertiary/aromatic N) is 5. The van der Waals surface area contributed by atoms with Crippen molar-refractivity contribution in [3.05, 3.63) is 59.8 Å². The molecule has 0 amide bonds. The molecule has 0 spiro atoms. The van der Waals surface area contributed by atoms with Crippen LogP contribution < -0.4 is 4.90 Å². The standard InChI is InChI=1S/C20H19N5O2S2/c1-2-5-16(6-3-1)25-19(24-8-11-26-12-9-24)22-23-20(25)29-14-15-13-28-18(21-15)17-7-4-10-27-17/h1-7,10,13H,8-9,11-12,14H2. The average Bonchev–Trinajstić information content (AvgIpc) is 3.54. The van der Waals surface area contributed by atoms with E-state index in [0.29, 0.717) is 19.0 Å². The second-order valence-corrected chi connectivity index (χ2v) is 8.26. The van der Waals surface area contributed by atoms with Crippen LogP contribution in [0.4, 0.5) is 5.95 Å². The third-order valence-corrected chi connectivity index (χ3v) is 6.43. The predicted octanol–water partition coefficient (Wildman–Crippen LogP) is 4.11. The van der Waals surface area contributed by atoms with Gasteiger partial charge in [0.2, 0.25) is 5.95 Å². The number of anilines is 1. The van der Waals surface area contributed by atoms with E-state index in [1.54, 1.807) is 29.4 Å². The summed E-state index contributed by atoms with van der Waals surface area (Å²) < 4.78 is 13.1. The summed E-state index contributed by atoms with van der Waals surface area (Å²) in [6, 6.07) is 14.0. The molecule has 3 aromatic heterocycles. The number of aromatic nitrogens is 4. The number of thiazole rings is 1. The summed E-state index contributed by atoms with van der Waals surface area (Å²) in [6.07, 6.45) is 1.67. The minimum absolute atomic E-state index is 0.707. The van der Waals surface area contributed by atoms with Crippen LogP contribution in [0.15, 0.2) is 63.7 Å². The minimum Gasteiger partial charge on any atom is -0.462 e. The van der Waals surface area contributed by atoms with Crippen molar-refractivity contribution in [3.63, 3.8) is 0 Å². The molecule has 0 atom stereocenters. The molecule has 29 heavy (non-hydrogen) atoms. The van der Waals surface area contributed by atoms with Gasteiger partial charge in [-0.05, 0) is 24.3 Å². The summed E-state index contributed by atoms with van der Waals surface area (Å²) >= 11 is 3.22. The fourth-order valence-corrected chi connectivity index (χ4v) is 4.88. The third kappa shape index (κ3) is 3.93. The summed E-state index contributed by atoms with van der Waals surface area (Å²) in [4.78, 5) is 6.91. The maximum absolute atomic E-state index is 5.49. The van der Waals surface area contributed by atoms with E-state index >= 15 is 0 Å². The van der Waals surface area contributed by atoms with Crippen LogP contribution in [0.5, 0.6) is 0 Å². The zero-order valence-corrected chi connectivity index (χ0v) is 17.2. The van der Waals surface area contributed by atoms with Crippen molar-refractivity contribution in [1.29, 1.82) is 0 Å². The first-order chi connectivity index (χ1) is 14.4. The second kappa shape index (κ2) is 8.40. The van der Waals surface area contributed by atoms with E-state index in [4.69, 9.17) is 9.15 Å². The monoisotopic (exact) mass is 425 g/mol. The van der Waals surface area contributed by atoms with Crippen LogP contribution >= 0.6 is 23.1 Å². The van der Waals surface area contributed by atoms with Crippen LogP contribution in [0.3, 0.4) is 0 Å². The number of morpholine rings is 1. The Morgan fingerprint density at radius 2 is 1.90 bits per heavy atom. The molecule has 0 saturated carbocycles. The molecule has 0 N–H and O–H groups in total. The summed E-state index contributed by atoms with van der Waals surface area (Å²) in [7, 11) is 0. The summed E-state index contributed by atoms with van der Waals surface area (Å²) in [5, 5.41) is 12.8. The van der Waals surface area contributed by atoms with E-state index in [1.807, 2.05) is 30.3 Å². The number of hydrogen-bond acceptors (Lipinski definition) is 8. The van der Waals surface area contributed by atoms with Crippen molar-refractivity contribution < 1.29 is 9.15 Å². The Balaban J connectivity index is 1.40. The third-order valence-electron chi connectivity index (χ3n) is 4.56. The molecule has 1 aliphatic heterocycles. The highest BCUT2D eigenvalue weighted by Gasteiger charge is 2.22. The lowest BCUT2D eigenvalue weighted by Crippen LogP contribution is -2.37.